The first-order valence-electron chi connectivity index (χ1n) is 7.14. The molecule has 0 aliphatic rings. The second kappa shape index (κ2) is 6.10. The number of nitrogens with two attached hydrogens (primary N) is 1. The van der Waals surface area contributed by atoms with Crippen LogP contribution in [0.2, 0.25) is 0 Å². The molecule has 0 unspecified atom stereocenters. The Morgan fingerprint density at radius 3 is 2.62 bits per heavy atom. The Labute approximate surface area is 124 Å². The Morgan fingerprint density at radius 2 is 2.00 bits per heavy atom. The Kier molecular flexibility index (Phi) is 4.43. The summed E-state index contributed by atoms with van der Waals surface area (Å²) in [7, 11) is 0. The normalized spacial score (nSPS) is 11.6. The minimum absolute atomic E-state index is 0.102. The smallest absolute Gasteiger partial charge is 0.270 e. The van der Waals surface area contributed by atoms with Gasteiger partial charge in [-0.15, -0.1) is 0 Å². The summed E-state index contributed by atoms with van der Waals surface area (Å²) < 4.78 is 0. The Morgan fingerprint density at radius 1 is 1.33 bits per heavy atom. The topological polar surface area (TPSA) is 88.2 Å². The molecular formula is C16H21N3O2. The highest BCUT2D eigenvalue weighted by Crippen LogP contribution is 2.21. The van der Waals surface area contributed by atoms with Crippen LogP contribution in [0.1, 0.15) is 37.2 Å². The lowest BCUT2D eigenvalue weighted by Crippen LogP contribution is -2.50. The van der Waals surface area contributed by atoms with Crippen LogP contribution >= 0.6 is 0 Å². The van der Waals surface area contributed by atoms with E-state index in [9.17, 15) is 9.90 Å². The lowest BCUT2D eigenvalue weighted by Gasteiger charge is -2.30. The van der Waals surface area contributed by atoms with E-state index in [1.807, 2.05) is 38.1 Å². The molecule has 0 saturated carbocycles. The summed E-state index contributed by atoms with van der Waals surface area (Å²) in [6, 6.07) is 9.00. The summed E-state index contributed by atoms with van der Waals surface area (Å²) in [6.07, 6.45) is 1.30. The lowest BCUT2D eigenvalue weighted by molar-refractivity contribution is 0.0813. The molecule has 1 aromatic carbocycles. The zero-order valence-electron chi connectivity index (χ0n) is 12.4. The molecule has 0 bridgehead atoms. The zero-order chi connectivity index (χ0) is 15.5. The average Bonchev–Trinajstić information content (AvgIpc) is 2.52. The first-order valence-corrected chi connectivity index (χ1v) is 7.14. The first kappa shape index (κ1) is 15.3. The van der Waals surface area contributed by atoms with Gasteiger partial charge in [-0.1, -0.05) is 32.0 Å². The van der Waals surface area contributed by atoms with Gasteiger partial charge in [-0.25, -0.2) is 4.98 Å². The van der Waals surface area contributed by atoms with Gasteiger partial charge in [-0.3, -0.25) is 4.79 Å². The molecule has 5 nitrogen and oxygen atoms in total. The number of para-hydroxylation sites is 1. The van der Waals surface area contributed by atoms with Gasteiger partial charge in [0.05, 0.1) is 17.7 Å². The van der Waals surface area contributed by atoms with E-state index in [4.69, 9.17) is 5.73 Å². The Hall–Kier alpha value is -2.14. The van der Waals surface area contributed by atoms with Crippen molar-refractivity contribution in [3.63, 3.8) is 0 Å². The summed E-state index contributed by atoms with van der Waals surface area (Å²) >= 11 is 0. The quantitative estimate of drug-likeness (QED) is 0.785. The summed E-state index contributed by atoms with van der Waals surface area (Å²) in [5, 5.41) is 13.2. The van der Waals surface area contributed by atoms with Crippen molar-refractivity contribution in [2.75, 3.05) is 12.3 Å². The number of carbonyl (C=O) groups is 1. The first-order chi connectivity index (χ1) is 10.0. The fourth-order valence-corrected chi connectivity index (χ4v) is 2.31. The van der Waals surface area contributed by atoms with Crippen LogP contribution in [-0.2, 0) is 0 Å². The summed E-state index contributed by atoms with van der Waals surface area (Å²) in [5.74, 6) is -0.315. The summed E-state index contributed by atoms with van der Waals surface area (Å²) in [6.45, 7) is 3.76. The largest absolute Gasteiger partial charge is 0.398 e. The van der Waals surface area contributed by atoms with Crippen LogP contribution < -0.4 is 11.1 Å². The molecule has 5 heteroatoms. The summed E-state index contributed by atoms with van der Waals surface area (Å²) in [5.41, 5.74) is 6.85. The number of rotatable bonds is 5. The van der Waals surface area contributed by atoms with Crippen LogP contribution in [-0.4, -0.2) is 28.1 Å². The molecular weight excluding hydrogens is 266 g/mol. The van der Waals surface area contributed by atoms with Crippen LogP contribution in [0.15, 0.2) is 30.3 Å². The monoisotopic (exact) mass is 287 g/mol. The number of nitrogens with one attached hydrogen (secondary N) is 1. The second-order valence-electron chi connectivity index (χ2n) is 5.21. The van der Waals surface area contributed by atoms with Crippen molar-refractivity contribution in [1.82, 2.24) is 10.3 Å². The molecule has 0 spiro atoms. The van der Waals surface area contributed by atoms with Crippen molar-refractivity contribution < 1.29 is 9.90 Å². The number of nitrogens with zero attached hydrogens (tertiary/aromatic N) is 1. The lowest BCUT2D eigenvalue weighted by atomic mass is 9.93. The van der Waals surface area contributed by atoms with Crippen molar-refractivity contribution >= 4 is 22.5 Å². The van der Waals surface area contributed by atoms with Crippen LogP contribution in [0, 0.1) is 0 Å². The van der Waals surface area contributed by atoms with Crippen LogP contribution in [0.5, 0.6) is 0 Å². The molecule has 2 rings (SSSR count). The van der Waals surface area contributed by atoms with E-state index in [1.165, 1.54) is 0 Å². The van der Waals surface area contributed by atoms with E-state index < -0.39 is 5.54 Å². The van der Waals surface area contributed by atoms with Gasteiger partial charge in [0, 0.05) is 11.1 Å². The van der Waals surface area contributed by atoms with E-state index in [0.717, 1.165) is 5.39 Å². The molecule has 0 radical (unpaired) electrons. The number of benzene rings is 1. The van der Waals surface area contributed by atoms with Crippen molar-refractivity contribution in [1.29, 1.82) is 0 Å². The number of pyridine rings is 1. The number of aliphatic hydroxyl groups is 1. The van der Waals surface area contributed by atoms with Crippen molar-refractivity contribution in [2.45, 2.75) is 32.2 Å². The van der Waals surface area contributed by atoms with Gasteiger partial charge in [0.15, 0.2) is 0 Å². The number of fused-ring (bicyclic) bond motifs is 1. The number of hydrogen-bond acceptors (Lipinski definition) is 4. The van der Waals surface area contributed by atoms with Crippen molar-refractivity contribution in [3.8, 4) is 0 Å². The summed E-state index contributed by atoms with van der Waals surface area (Å²) in [4.78, 5) is 16.7. The molecule has 0 aliphatic heterocycles. The third-order valence-corrected chi connectivity index (χ3v) is 4.02. The number of anilines is 1. The molecule has 1 heterocycles. The Bertz CT molecular complexity index is 643. The van der Waals surface area contributed by atoms with E-state index in [-0.39, 0.29) is 18.2 Å². The number of hydrogen-bond donors (Lipinski definition) is 3. The second-order valence-corrected chi connectivity index (χ2v) is 5.21. The van der Waals surface area contributed by atoms with Gasteiger partial charge < -0.3 is 16.2 Å². The maximum Gasteiger partial charge on any atom is 0.270 e. The molecule has 21 heavy (non-hydrogen) atoms. The van der Waals surface area contributed by atoms with Gasteiger partial charge >= 0.3 is 0 Å². The van der Waals surface area contributed by atoms with Crippen LogP contribution in [0.4, 0.5) is 5.69 Å². The molecule has 1 aromatic heterocycles. The minimum atomic E-state index is -0.612. The fourth-order valence-electron chi connectivity index (χ4n) is 2.31. The minimum Gasteiger partial charge on any atom is -0.398 e. The zero-order valence-corrected chi connectivity index (χ0v) is 12.4. The van der Waals surface area contributed by atoms with Crippen molar-refractivity contribution in [2.24, 2.45) is 0 Å². The van der Waals surface area contributed by atoms with E-state index in [2.05, 4.69) is 10.3 Å². The average molecular weight is 287 g/mol. The van der Waals surface area contributed by atoms with Gasteiger partial charge in [-0.05, 0) is 25.0 Å². The molecule has 0 atom stereocenters. The van der Waals surface area contributed by atoms with Crippen molar-refractivity contribution in [3.05, 3.63) is 36.0 Å². The molecule has 2 aromatic rings. The van der Waals surface area contributed by atoms with Crippen LogP contribution in [0.25, 0.3) is 10.9 Å². The maximum absolute atomic E-state index is 12.4. The molecule has 4 N–H and O–H groups in total. The molecule has 112 valence electrons. The predicted molar refractivity (Wildman–Crippen MR) is 84.0 cm³/mol. The number of aliphatic hydroxyl groups excluding tert-OH is 1. The number of aromatic nitrogens is 1. The van der Waals surface area contributed by atoms with E-state index in [0.29, 0.717) is 24.0 Å². The highest BCUT2D eigenvalue weighted by molar-refractivity contribution is 5.99. The molecule has 0 saturated heterocycles. The highest BCUT2D eigenvalue weighted by atomic mass is 16.3. The van der Waals surface area contributed by atoms with Gasteiger partial charge in [-0.2, -0.15) is 0 Å². The number of nitrogen functional groups attached to an aromatic ring is 1. The predicted octanol–water partition coefficient (Wildman–Crippen LogP) is 2.10. The number of carbonyl (C=O) groups excluding carboxylic acids is 1. The fraction of sp³-hybridized carbons (Fsp3) is 0.375. The third kappa shape index (κ3) is 2.97. The Balaban J connectivity index is 2.35. The SMILES string of the molecule is CCC(CC)(CO)NC(=O)c1cc(N)c2ccccc2n1. The van der Waals surface area contributed by atoms with E-state index in [1.54, 1.807) is 6.07 Å². The standard InChI is InChI=1S/C16H21N3O2/c1-3-16(4-2,10-20)19-15(21)14-9-12(17)11-7-5-6-8-13(11)18-14/h5-9,20H,3-4,10H2,1-2H3,(H2,17,18)(H,19,21). The van der Waals surface area contributed by atoms with Crippen LogP contribution in [0.3, 0.4) is 0 Å². The molecule has 1 amide bonds. The maximum atomic E-state index is 12.4. The highest BCUT2D eigenvalue weighted by Gasteiger charge is 2.28. The number of amides is 1. The van der Waals surface area contributed by atoms with Gasteiger partial charge in [0.1, 0.15) is 5.69 Å². The molecule has 0 fully saturated rings. The molecule has 0 aliphatic carbocycles. The van der Waals surface area contributed by atoms with Gasteiger partial charge in [0.2, 0.25) is 0 Å². The van der Waals surface area contributed by atoms with Gasteiger partial charge in [0.25, 0.3) is 5.91 Å². The van der Waals surface area contributed by atoms with E-state index >= 15 is 0 Å². The third-order valence-electron chi connectivity index (χ3n) is 4.02.